The molecule has 0 saturated carbocycles. The highest BCUT2D eigenvalue weighted by atomic mass is 32.1. The number of nitrogens with zero attached hydrogens (tertiary/aromatic N) is 2. The Hall–Kier alpha value is -3.36. The molecule has 1 fully saturated rings. The number of thiophene rings is 1. The van der Waals surface area contributed by atoms with E-state index in [2.05, 4.69) is 10.2 Å². The number of rotatable bonds is 8. The van der Waals surface area contributed by atoms with Gasteiger partial charge < -0.3 is 10.2 Å². The Labute approximate surface area is 214 Å². The van der Waals surface area contributed by atoms with Crippen LogP contribution in [0, 0.1) is 18.7 Å². The number of hydrogen-bond donors (Lipinski definition) is 1. The van der Waals surface area contributed by atoms with Crippen LogP contribution in [-0.4, -0.2) is 48.7 Å². The Balaban J connectivity index is 1.38. The highest BCUT2D eigenvalue weighted by molar-refractivity contribution is 7.14. The number of ketones is 1. The lowest BCUT2D eigenvalue weighted by Crippen LogP contribution is -2.42. The first kappa shape index (κ1) is 25.7. The number of piperidine rings is 1. The van der Waals surface area contributed by atoms with Crippen molar-refractivity contribution in [2.24, 2.45) is 5.92 Å². The van der Waals surface area contributed by atoms with Crippen LogP contribution in [0.2, 0.25) is 0 Å². The van der Waals surface area contributed by atoms with Gasteiger partial charge in [-0.3, -0.25) is 19.3 Å². The summed E-state index contributed by atoms with van der Waals surface area (Å²) in [6, 6.07) is 14.7. The van der Waals surface area contributed by atoms with E-state index >= 15 is 0 Å². The second-order valence-corrected chi connectivity index (χ2v) is 10.0. The summed E-state index contributed by atoms with van der Waals surface area (Å²) in [6.07, 6.45) is 1.49. The molecule has 0 bridgehead atoms. The van der Waals surface area contributed by atoms with E-state index in [0.717, 1.165) is 36.5 Å². The number of benzene rings is 2. The van der Waals surface area contributed by atoms with Crippen molar-refractivity contribution in [3.8, 4) is 0 Å². The molecule has 1 aliphatic rings. The van der Waals surface area contributed by atoms with Gasteiger partial charge in [-0.15, -0.1) is 11.3 Å². The zero-order chi connectivity index (χ0) is 25.7. The maximum Gasteiger partial charge on any atom is 0.258 e. The van der Waals surface area contributed by atoms with Gasteiger partial charge in [0.15, 0.2) is 5.78 Å². The van der Waals surface area contributed by atoms with Gasteiger partial charge in [0, 0.05) is 42.7 Å². The lowest BCUT2D eigenvalue weighted by atomic mass is 9.89. The van der Waals surface area contributed by atoms with E-state index < -0.39 is 0 Å². The minimum atomic E-state index is -0.342. The van der Waals surface area contributed by atoms with E-state index in [1.165, 1.54) is 30.4 Å². The van der Waals surface area contributed by atoms with E-state index in [0.29, 0.717) is 29.9 Å². The van der Waals surface area contributed by atoms with Crippen molar-refractivity contribution in [3.05, 3.63) is 82.5 Å². The van der Waals surface area contributed by atoms with Crippen LogP contribution in [-0.2, 0) is 4.79 Å². The molecule has 1 N–H and O–H groups in total. The Morgan fingerprint density at radius 1 is 1.00 bits per heavy atom. The minimum absolute atomic E-state index is 0.0638. The van der Waals surface area contributed by atoms with Gasteiger partial charge in [0.25, 0.3) is 5.91 Å². The minimum Gasteiger partial charge on any atom is -0.326 e. The fourth-order valence-corrected chi connectivity index (χ4v) is 5.46. The van der Waals surface area contributed by atoms with Gasteiger partial charge in [0.05, 0.1) is 0 Å². The van der Waals surface area contributed by atoms with Crippen LogP contribution in [0.25, 0.3) is 0 Å². The number of carbonyl (C=O) groups is 3. The van der Waals surface area contributed by atoms with Crippen LogP contribution in [0.3, 0.4) is 0 Å². The Morgan fingerprint density at radius 2 is 1.64 bits per heavy atom. The van der Waals surface area contributed by atoms with Crippen molar-refractivity contribution < 1.29 is 18.8 Å². The molecule has 3 aromatic rings. The maximum absolute atomic E-state index is 13.5. The monoisotopic (exact) mass is 507 g/mol. The van der Waals surface area contributed by atoms with Gasteiger partial charge in [0.2, 0.25) is 5.91 Å². The molecule has 36 heavy (non-hydrogen) atoms. The average Bonchev–Trinajstić information content (AvgIpc) is 3.30. The molecule has 2 heterocycles. The fourth-order valence-electron chi connectivity index (χ4n) is 4.50. The Bertz CT molecular complexity index is 1220. The molecular weight excluding hydrogens is 477 g/mol. The van der Waals surface area contributed by atoms with E-state index in [9.17, 15) is 18.8 Å². The van der Waals surface area contributed by atoms with Gasteiger partial charge in [-0.2, -0.15) is 0 Å². The summed E-state index contributed by atoms with van der Waals surface area (Å²) >= 11 is 1.54. The first-order chi connectivity index (χ1) is 17.3. The van der Waals surface area contributed by atoms with Crippen molar-refractivity contribution in [1.29, 1.82) is 0 Å². The molecule has 0 unspecified atom stereocenters. The summed E-state index contributed by atoms with van der Waals surface area (Å²) < 4.78 is 13.2. The smallest absolute Gasteiger partial charge is 0.258 e. The number of Topliss-reactive ketones (excluding diaryl/α,β-unsaturated/α-hetero) is 1. The lowest BCUT2D eigenvalue weighted by molar-refractivity contribution is -0.114. The largest absolute Gasteiger partial charge is 0.326 e. The first-order valence-corrected chi connectivity index (χ1v) is 13.0. The van der Waals surface area contributed by atoms with Crippen LogP contribution in [0.5, 0.6) is 0 Å². The van der Waals surface area contributed by atoms with Crippen LogP contribution in [0.4, 0.5) is 15.1 Å². The first-order valence-electron chi connectivity index (χ1n) is 12.1. The molecule has 1 aromatic heterocycles. The van der Waals surface area contributed by atoms with Crippen LogP contribution in [0.1, 0.15) is 46.0 Å². The topological polar surface area (TPSA) is 69.7 Å². The fraction of sp³-hybridized carbons (Fsp3) is 0.321. The standard InChI is InChI=1S/C28H30FN3O3S/c1-19-13-18-36-28(19)32(27(35)23-5-9-25(10-6-23)30-20(2)33)17-16-31-14-11-22(12-15-31)26(34)21-3-7-24(29)8-4-21/h3-10,13,18,22H,11-12,14-17H2,1-2H3,(H,30,33). The third-order valence-corrected chi connectivity index (χ3v) is 7.54. The number of amides is 2. The third-order valence-electron chi connectivity index (χ3n) is 6.50. The van der Waals surface area contributed by atoms with Gasteiger partial charge in [-0.05, 0) is 98.4 Å². The summed E-state index contributed by atoms with van der Waals surface area (Å²) in [4.78, 5) is 41.7. The molecule has 188 valence electrons. The van der Waals surface area contributed by atoms with Crippen molar-refractivity contribution in [2.45, 2.75) is 26.7 Å². The molecule has 0 radical (unpaired) electrons. The second kappa shape index (κ2) is 11.6. The summed E-state index contributed by atoms with van der Waals surface area (Å²) in [5.41, 5.74) is 2.81. The molecule has 2 aromatic carbocycles. The predicted molar refractivity (Wildman–Crippen MR) is 141 cm³/mol. The van der Waals surface area contributed by atoms with Crippen LogP contribution < -0.4 is 10.2 Å². The van der Waals surface area contributed by atoms with Gasteiger partial charge in [-0.1, -0.05) is 0 Å². The average molecular weight is 508 g/mol. The molecule has 4 rings (SSSR count). The highest BCUT2D eigenvalue weighted by Crippen LogP contribution is 2.29. The molecule has 2 amide bonds. The zero-order valence-electron chi connectivity index (χ0n) is 20.5. The van der Waals surface area contributed by atoms with Gasteiger partial charge in [-0.25, -0.2) is 4.39 Å². The Morgan fingerprint density at radius 3 is 2.22 bits per heavy atom. The van der Waals surface area contributed by atoms with Crippen LogP contribution >= 0.6 is 11.3 Å². The van der Waals surface area contributed by atoms with E-state index in [-0.39, 0.29) is 29.3 Å². The molecule has 8 heteroatoms. The summed E-state index contributed by atoms with van der Waals surface area (Å²) in [6.45, 7) is 6.22. The number of anilines is 2. The van der Waals surface area contributed by atoms with E-state index in [1.807, 2.05) is 23.3 Å². The zero-order valence-corrected chi connectivity index (χ0v) is 21.3. The van der Waals surface area contributed by atoms with E-state index in [1.54, 1.807) is 36.4 Å². The number of aryl methyl sites for hydroxylation is 1. The van der Waals surface area contributed by atoms with Gasteiger partial charge >= 0.3 is 0 Å². The quantitative estimate of drug-likeness (QED) is 0.415. The molecule has 0 aliphatic carbocycles. The Kier molecular flexibility index (Phi) is 8.28. The summed E-state index contributed by atoms with van der Waals surface area (Å²) in [5, 5.41) is 5.63. The number of nitrogens with one attached hydrogen (secondary N) is 1. The molecule has 1 aliphatic heterocycles. The highest BCUT2D eigenvalue weighted by Gasteiger charge is 2.27. The van der Waals surface area contributed by atoms with Crippen molar-refractivity contribution in [2.75, 3.05) is 36.4 Å². The number of carbonyl (C=O) groups excluding carboxylic acids is 3. The maximum atomic E-state index is 13.5. The lowest BCUT2D eigenvalue weighted by Gasteiger charge is -2.33. The number of halogens is 1. The summed E-state index contributed by atoms with van der Waals surface area (Å²) in [5.74, 6) is -0.580. The molecule has 0 spiro atoms. The van der Waals surface area contributed by atoms with Crippen molar-refractivity contribution in [3.63, 3.8) is 0 Å². The predicted octanol–water partition coefficient (Wildman–Crippen LogP) is 5.40. The molecule has 6 nitrogen and oxygen atoms in total. The normalized spacial score (nSPS) is 14.4. The molecular formula is C28H30FN3O3S. The molecule has 1 saturated heterocycles. The van der Waals surface area contributed by atoms with Crippen molar-refractivity contribution in [1.82, 2.24) is 4.90 Å². The summed E-state index contributed by atoms with van der Waals surface area (Å²) in [7, 11) is 0. The SMILES string of the molecule is CC(=O)Nc1ccc(C(=O)N(CCN2CCC(C(=O)c3ccc(F)cc3)CC2)c2sccc2C)cc1. The number of hydrogen-bond acceptors (Lipinski definition) is 5. The van der Waals surface area contributed by atoms with E-state index in [4.69, 9.17) is 0 Å². The number of likely N-dealkylation sites (tertiary alicyclic amines) is 1. The van der Waals surface area contributed by atoms with Crippen LogP contribution in [0.15, 0.2) is 60.0 Å². The third kappa shape index (κ3) is 6.25. The van der Waals surface area contributed by atoms with Gasteiger partial charge in [0.1, 0.15) is 10.8 Å². The second-order valence-electron chi connectivity index (χ2n) is 9.11. The molecule has 0 atom stereocenters. The van der Waals surface area contributed by atoms with Crippen molar-refractivity contribution >= 4 is 39.6 Å².